The van der Waals surface area contributed by atoms with Crippen LogP contribution < -0.4 is 10.1 Å². The van der Waals surface area contributed by atoms with Gasteiger partial charge >= 0.3 is 12.3 Å². The van der Waals surface area contributed by atoms with Crippen LogP contribution >= 0.6 is 11.6 Å². The fourth-order valence-corrected chi connectivity index (χ4v) is 2.99. The molecule has 0 saturated heterocycles. The average molecular weight is 434 g/mol. The van der Waals surface area contributed by atoms with Crippen molar-refractivity contribution in [2.45, 2.75) is 52.9 Å². The highest BCUT2D eigenvalue weighted by molar-refractivity contribution is 6.33. The van der Waals surface area contributed by atoms with Crippen LogP contribution in [0.4, 0.5) is 18.9 Å². The fraction of sp³-hybridized carbons (Fsp3) is 0.474. The van der Waals surface area contributed by atoms with Crippen LogP contribution in [0.3, 0.4) is 0 Å². The monoisotopic (exact) mass is 433 g/mol. The molecule has 0 amide bonds. The third kappa shape index (κ3) is 6.24. The summed E-state index contributed by atoms with van der Waals surface area (Å²) in [5.74, 6) is 0.464. The molecular weight excluding hydrogens is 411 g/mol. The Balaban J connectivity index is 0.00000132. The molecule has 2 rings (SSSR count). The summed E-state index contributed by atoms with van der Waals surface area (Å²) in [6.45, 7) is 7.80. The minimum absolute atomic E-state index is 0.250. The summed E-state index contributed by atoms with van der Waals surface area (Å²) in [6, 6.07) is 3.20. The van der Waals surface area contributed by atoms with Crippen molar-refractivity contribution in [1.29, 1.82) is 0 Å². The molecule has 0 spiro atoms. The maximum atomic E-state index is 12.8. The number of halogens is 4. The molecule has 1 aromatic carbocycles. The lowest BCUT2D eigenvalue weighted by Crippen LogP contribution is -2.33. The lowest BCUT2D eigenvalue weighted by atomic mass is 10.1. The molecule has 1 heterocycles. The summed E-state index contributed by atoms with van der Waals surface area (Å²) >= 11 is 6.50. The second-order valence-electron chi connectivity index (χ2n) is 5.91. The Kier molecular flexibility index (Phi) is 9.20. The van der Waals surface area contributed by atoms with Gasteiger partial charge in [-0.05, 0) is 39.3 Å². The van der Waals surface area contributed by atoms with Crippen molar-refractivity contribution in [3.05, 3.63) is 28.9 Å². The average Bonchev–Trinajstić information content (AvgIpc) is 2.98. The van der Waals surface area contributed by atoms with Crippen molar-refractivity contribution in [3.8, 4) is 17.0 Å². The van der Waals surface area contributed by atoms with Gasteiger partial charge in [-0.25, -0.2) is 0 Å². The van der Waals surface area contributed by atoms with E-state index in [4.69, 9.17) is 25.9 Å². The highest BCUT2D eigenvalue weighted by Crippen LogP contribution is 2.39. The molecule has 1 N–H and O–H groups in total. The van der Waals surface area contributed by atoms with Crippen molar-refractivity contribution < 1.29 is 27.5 Å². The molecule has 0 aliphatic heterocycles. The Hall–Kier alpha value is -2.51. The van der Waals surface area contributed by atoms with Gasteiger partial charge in [0.05, 0.1) is 23.0 Å². The Morgan fingerprint density at radius 2 is 1.90 bits per heavy atom. The van der Waals surface area contributed by atoms with Crippen LogP contribution in [0.5, 0.6) is 5.75 Å². The van der Waals surface area contributed by atoms with E-state index in [1.807, 2.05) is 20.8 Å². The van der Waals surface area contributed by atoms with Gasteiger partial charge in [0.1, 0.15) is 11.8 Å². The van der Waals surface area contributed by atoms with Crippen LogP contribution in [0.25, 0.3) is 11.3 Å². The first kappa shape index (κ1) is 24.5. The zero-order valence-corrected chi connectivity index (χ0v) is 17.3. The number of benzene rings is 1. The SMILES string of the molecule is CCOc1cc(N[C@H](C)C(F)(F)F)ccc1-c1c(Cl)c(CC)nn1CC.O=C=O. The molecule has 1 atom stereocenters. The quantitative estimate of drug-likeness (QED) is 0.667. The van der Waals surface area contributed by atoms with E-state index in [1.54, 1.807) is 22.9 Å². The zero-order chi connectivity index (χ0) is 22.2. The largest absolute Gasteiger partial charge is 0.493 e. The number of ether oxygens (including phenoxy) is 1. The van der Waals surface area contributed by atoms with Crippen LogP contribution in [0.15, 0.2) is 18.2 Å². The predicted molar refractivity (Wildman–Crippen MR) is 103 cm³/mol. The van der Waals surface area contributed by atoms with Gasteiger partial charge in [-0.3, -0.25) is 4.68 Å². The maximum absolute atomic E-state index is 12.8. The number of carbonyl (C=O) groups excluding carboxylic acids is 2. The molecule has 0 radical (unpaired) electrons. The predicted octanol–water partition coefficient (Wildman–Crippen LogP) is 4.96. The second kappa shape index (κ2) is 10.9. The van der Waals surface area contributed by atoms with Gasteiger partial charge in [0.25, 0.3) is 0 Å². The van der Waals surface area contributed by atoms with Crippen LogP contribution in [-0.4, -0.2) is 34.8 Å². The number of aromatic nitrogens is 2. The molecule has 0 saturated carbocycles. The lowest BCUT2D eigenvalue weighted by Gasteiger charge is -2.20. The van der Waals surface area contributed by atoms with E-state index in [-0.39, 0.29) is 6.15 Å². The normalized spacial score (nSPS) is 11.9. The third-order valence-corrected chi connectivity index (χ3v) is 4.40. The van der Waals surface area contributed by atoms with Crippen molar-refractivity contribution >= 4 is 23.4 Å². The van der Waals surface area contributed by atoms with Gasteiger partial charge in [-0.15, -0.1) is 0 Å². The number of aryl methyl sites for hydroxylation is 2. The highest BCUT2D eigenvalue weighted by atomic mass is 35.5. The smallest absolute Gasteiger partial charge is 0.408 e. The Morgan fingerprint density at radius 3 is 2.38 bits per heavy atom. The number of alkyl halides is 3. The van der Waals surface area contributed by atoms with Gasteiger partial charge in [0.15, 0.2) is 0 Å². The first-order valence-electron chi connectivity index (χ1n) is 8.99. The molecule has 0 fully saturated rings. The number of nitrogens with one attached hydrogen (secondary N) is 1. The van der Waals surface area contributed by atoms with Gasteiger partial charge < -0.3 is 10.1 Å². The number of rotatable bonds is 7. The summed E-state index contributed by atoms with van der Waals surface area (Å²) < 4.78 is 45.9. The summed E-state index contributed by atoms with van der Waals surface area (Å²) in [6.07, 6.45) is -3.39. The molecule has 0 unspecified atom stereocenters. The Labute approximate surface area is 172 Å². The number of hydrogen-bond donors (Lipinski definition) is 1. The first-order chi connectivity index (χ1) is 13.6. The van der Waals surface area contributed by atoms with Crippen LogP contribution in [0, 0.1) is 0 Å². The topological polar surface area (TPSA) is 73.2 Å². The van der Waals surface area contributed by atoms with Gasteiger partial charge in [-0.2, -0.15) is 27.9 Å². The molecule has 1 aromatic heterocycles. The first-order valence-corrected chi connectivity index (χ1v) is 9.37. The Bertz CT molecular complexity index is 847. The van der Waals surface area contributed by atoms with E-state index in [1.165, 1.54) is 0 Å². The molecule has 29 heavy (non-hydrogen) atoms. The molecular formula is C19H23ClF3N3O3. The molecule has 0 aliphatic rings. The van der Waals surface area contributed by atoms with Crippen molar-refractivity contribution in [2.75, 3.05) is 11.9 Å². The summed E-state index contributed by atoms with van der Waals surface area (Å²) in [5, 5.41) is 7.49. The molecule has 0 bridgehead atoms. The molecule has 160 valence electrons. The minimum atomic E-state index is -4.33. The van der Waals surface area contributed by atoms with E-state index < -0.39 is 12.2 Å². The lowest BCUT2D eigenvalue weighted by molar-refractivity contribution is -0.191. The number of nitrogens with zero attached hydrogens (tertiary/aromatic N) is 2. The molecule has 0 aliphatic carbocycles. The molecule has 2 aromatic rings. The zero-order valence-electron chi connectivity index (χ0n) is 16.6. The van der Waals surface area contributed by atoms with E-state index >= 15 is 0 Å². The van der Waals surface area contributed by atoms with Crippen LogP contribution in [0.2, 0.25) is 5.02 Å². The summed E-state index contributed by atoms with van der Waals surface area (Å²) in [7, 11) is 0. The van der Waals surface area contributed by atoms with Crippen molar-refractivity contribution in [3.63, 3.8) is 0 Å². The van der Waals surface area contributed by atoms with Crippen LogP contribution in [0.1, 0.15) is 33.4 Å². The van der Waals surface area contributed by atoms with Gasteiger partial charge in [-0.1, -0.05) is 18.5 Å². The fourth-order valence-electron chi connectivity index (χ4n) is 2.62. The van der Waals surface area contributed by atoms with E-state index in [0.717, 1.165) is 12.6 Å². The number of hydrogen-bond acceptors (Lipinski definition) is 5. The molecule has 6 nitrogen and oxygen atoms in total. The summed E-state index contributed by atoms with van der Waals surface area (Å²) in [5.41, 5.74) is 2.52. The standard InChI is InChI=1S/C18H23ClF3N3O.CO2/c1-5-14-16(19)17(25(6-2)24-14)13-9-8-12(10-15(13)26-7-3)23-11(4)18(20,21)22;2-1-3/h8-11,23H,5-7H2,1-4H3;/t11-;/m1./s1. The van der Waals surface area contributed by atoms with E-state index in [2.05, 4.69) is 10.4 Å². The maximum Gasteiger partial charge on any atom is 0.408 e. The van der Waals surface area contributed by atoms with Gasteiger partial charge in [0.2, 0.25) is 0 Å². The highest BCUT2D eigenvalue weighted by Gasteiger charge is 2.36. The van der Waals surface area contributed by atoms with Crippen molar-refractivity contribution in [1.82, 2.24) is 9.78 Å². The second-order valence-corrected chi connectivity index (χ2v) is 6.29. The summed E-state index contributed by atoms with van der Waals surface area (Å²) in [4.78, 5) is 16.2. The van der Waals surface area contributed by atoms with Crippen LogP contribution in [-0.2, 0) is 22.6 Å². The Morgan fingerprint density at radius 1 is 1.28 bits per heavy atom. The minimum Gasteiger partial charge on any atom is -0.493 e. The molecule has 10 heteroatoms. The van der Waals surface area contributed by atoms with E-state index in [9.17, 15) is 13.2 Å². The van der Waals surface area contributed by atoms with Crippen molar-refractivity contribution in [2.24, 2.45) is 0 Å². The number of anilines is 1. The van der Waals surface area contributed by atoms with Gasteiger partial charge in [0, 0.05) is 23.9 Å². The van der Waals surface area contributed by atoms with E-state index in [0.29, 0.717) is 47.3 Å². The third-order valence-electron chi connectivity index (χ3n) is 4.01.